The van der Waals surface area contributed by atoms with Crippen molar-refractivity contribution in [3.63, 3.8) is 0 Å². The fraction of sp³-hybridized carbons (Fsp3) is 0.875. The highest BCUT2D eigenvalue weighted by Gasteiger charge is 2.47. The van der Waals surface area contributed by atoms with Crippen molar-refractivity contribution in [3.05, 3.63) is 0 Å². The molecule has 2 aliphatic heterocycles. The molecule has 0 radical (unpaired) electrons. The summed E-state index contributed by atoms with van der Waals surface area (Å²) in [5, 5.41) is 5.77. The van der Waals surface area contributed by atoms with Crippen LogP contribution in [0.2, 0.25) is 0 Å². The number of carbonyl (C=O) groups is 4. The van der Waals surface area contributed by atoms with Crippen LogP contribution in [0.4, 0.5) is 0 Å². The van der Waals surface area contributed by atoms with Gasteiger partial charge in [0, 0.05) is 47.5 Å². The van der Waals surface area contributed by atoms with Gasteiger partial charge in [0.05, 0.1) is 55.8 Å². The Morgan fingerprint density at radius 3 is 2.34 bits per heavy atom. The number of carbonyl (C=O) groups excluding carboxylic acids is 4. The van der Waals surface area contributed by atoms with E-state index in [1.165, 1.54) is 0 Å². The van der Waals surface area contributed by atoms with E-state index >= 15 is 0 Å². The monoisotopic (exact) mass is 623 g/mol. The van der Waals surface area contributed by atoms with E-state index in [0.717, 1.165) is 38.5 Å². The van der Waals surface area contributed by atoms with Crippen LogP contribution in [0.3, 0.4) is 0 Å². The van der Waals surface area contributed by atoms with Crippen molar-refractivity contribution in [1.29, 1.82) is 0 Å². The van der Waals surface area contributed by atoms with Crippen molar-refractivity contribution >= 4 is 23.6 Å². The zero-order chi connectivity index (χ0) is 32.6. The van der Waals surface area contributed by atoms with Gasteiger partial charge in [-0.15, -0.1) is 0 Å². The lowest BCUT2D eigenvalue weighted by Crippen LogP contribution is -2.55. The smallest absolute Gasteiger partial charge is 0.242 e. The zero-order valence-corrected chi connectivity index (χ0v) is 28.2. The molecule has 2 saturated heterocycles. The van der Waals surface area contributed by atoms with E-state index in [2.05, 4.69) is 29.4 Å². The van der Waals surface area contributed by atoms with E-state index in [1.807, 2.05) is 18.9 Å². The standard InChI is InChI=1S/C32H57N5O7/c1-9-20(2)28(36(5)27(39)19-34-32(41)29-22-12-13-23(17-22)35(29)4)25(43-7)18-26(38)37-15-10-11-24(37)30(44-8)21(3)31(40)33-14-16-42-6/h20-25,28-30H,9-19H2,1-8H3,(H,33,40)(H,34,41). The maximum absolute atomic E-state index is 13.8. The van der Waals surface area contributed by atoms with Gasteiger partial charge in [-0.05, 0) is 51.0 Å². The molecule has 12 nitrogen and oxygen atoms in total. The zero-order valence-electron chi connectivity index (χ0n) is 28.2. The van der Waals surface area contributed by atoms with Crippen molar-refractivity contribution in [3.8, 4) is 0 Å². The SMILES string of the molecule is CCC(C)C(C(CC(=O)N1CCCC1C(OC)C(C)C(=O)NCCOC)OC)N(C)C(=O)CNC(=O)C1C2CCC(C2)N1C. The first-order chi connectivity index (χ1) is 21.0. The molecule has 9 atom stereocenters. The highest BCUT2D eigenvalue weighted by Crippen LogP contribution is 2.41. The molecular formula is C32H57N5O7. The van der Waals surface area contributed by atoms with Gasteiger partial charge in [0.15, 0.2) is 0 Å². The minimum atomic E-state index is -0.546. The molecule has 9 unspecified atom stereocenters. The molecule has 44 heavy (non-hydrogen) atoms. The second-order valence-corrected chi connectivity index (χ2v) is 13.0. The van der Waals surface area contributed by atoms with Crippen LogP contribution in [0.25, 0.3) is 0 Å². The quantitative estimate of drug-likeness (QED) is 0.232. The molecule has 0 aromatic carbocycles. The van der Waals surface area contributed by atoms with Gasteiger partial charge < -0.3 is 34.6 Å². The first-order valence-corrected chi connectivity index (χ1v) is 16.4. The summed E-state index contributed by atoms with van der Waals surface area (Å²) in [6.07, 6.45) is 4.66. The number of likely N-dealkylation sites (tertiary alicyclic amines) is 2. The second-order valence-electron chi connectivity index (χ2n) is 13.0. The van der Waals surface area contributed by atoms with Crippen molar-refractivity contribution in [2.45, 2.75) is 102 Å². The normalized spacial score (nSPS) is 26.6. The summed E-state index contributed by atoms with van der Waals surface area (Å²) in [7, 11) is 8.47. The summed E-state index contributed by atoms with van der Waals surface area (Å²) < 4.78 is 16.8. The second kappa shape index (κ2) is 16.9. The van der Waals surface area contributed by atoms with Gasteiger partial charge in [0.2, 0.25) is 23.6 Å². The minimum absolute atomic E-state index is 0.0472. The third-order valence-corrected chi connectivity index (χ3v) is 10.5. The molecular weight excluding hydrogens is 566 g/mol. The number of fused-ring (bicyclic) bond motifs is 2. The first kappa shape index (κ1) is 36.2. The molecule has 3 rings (SSSR count). The number of rotatable bonds is 17. The molecule has 2 heterocycles. The number of hydrogen-bond donors (Lipinski definition) is 2. The molecule has 1 saturated carbocycles. The third kappa shape index (κ3) is 8.30. The van der Waals surface area contributed by atoms with E-state index in [0.29, 0.717) is 31.7 Å². The first-order valence-electron chi connectivity index (χ1n) is 16.4. The number of nitrogens with one attached hydrogen (secondary N) is 2. The molecule has 3 aliphatic rings. The maximum Gasteiger partial charge on any atom is 0.242 e. The van der Waals surface area contributed by atoms with E-state index in [9.17, 15) is 19.2 Å². The number of methoxy groups -OCH3 is 3. The lowest BCUT2D eigenvalue weighted by Gasteiger charge is -2.39. The summed E-state index contributed by atoms with van der Waals surface area (Å²) in [5.41, 5.74) is 0. The van der Waals surface area contributed by atoms with Gasteiger partial charge in [0.1, 0.15) is 0 Å². The van der Waals surface area contributed by atoms with Crippen LogP contribution in [-0.2, 0) is 33.4 Å². The number of amides is 4. The molecule has 252 valence electrons. The summed E-state index contributed by atoms with van der Waals surface area (Å²) in [6.45, 7) is 7.23. The largest absolute Gasteiger partial charge is 0.383 e. The summed E-state index contributed by atoms with van der Waals surface area (Å²) >= 11 is 0. The predicted octanol–water partition coefficient (Wildman–Crippen LogP) is 1.27. The van der Waals surface area contributed by atoms with Crippen molar-refractivity contribution in [2.75, 3.05) is 61.7 Å². The Kier molecular flexibility index (Phi) is 13.9. The van der Waals surface area contributed by atoms with Crippen LogP contribution in [0.5, 0.6) is 0 Å². The molecule has 3 fully saturated rings. The van der Waals surface area contributed by atoms with Crippen LogP contribution in [0, 0.1) is 17.8 Å². The van der Waals surface area contributed by atoms with Crippen molar-refractivity contribution < 1.29 is 33.4 Å². The Balaban J connectivity index is 1.65. The van der Waals surface area contributed by atoms with E-state index < -0.39 is 18.1 Å². The number of ether oxygens (including phenoxy) is 3. The van der Waals surface area contributed by atoms with Crippen molar-refractivity contribution in [1.82, 2.24) is 25.3 Å². The average molecular weight is 624 g/mol. The van der Waals surface area contributed by atoms with Gasteiger partial charge in [-0.3, -0.25) is 24.1 Å². The van der Waals surface area contributed by atoms with Crippen molar-refractivity contribution in [2.24, 2.45) is 17.8 Å². The van der Waals surface area contributed by atoms with Gasteiger partial charge in [-0.1, -0.05) is 27.2 Å². The van der Waals surface area contributed by atoms with Gasteiger partial charge in [0.25, 0.3) is 0 Å². The molecule has 2 N–H and O–H groups in total. The average Bonchev–Trinajstić information content (AvgIpc) is 3.76. The summed E-state index contributed by atoms with van der Waals surface area (Å²) in [6, 6.07) is -0.327. The van der Waals surface area contributed by atoms with Gasteiger partial charge in [-0.25, -0.2) is 0 Å². The summed E-state index contributed by atoms with van der Waals surface area (Å²) in [5.74, 6) is -0.584. The molecule has 12 heteroatoms. The number of likely N-dealkylation sites (N-methyl/N-ethyl adjacent to an activating group) is 2. The Labute approximate surface area is 263 Å². The highest BCUT2D eigenvalue weighted by molar-refractivity contribution is 5.88. The Morgan fingerprint density at radius 2 is 1.75 bits per heavy atom. The van der Waals surface area contributed by atoms with Crippen LogP contribution < -0.4 is 10.6 Å². The number of hydrogen-bond acceptors (Lipinski definition) is 8. The number of piperidine rings is 1. The van der Waals surface area contributed by atoms with Gasteiger partial charge in [-0.2, -0.15) is 0 Å². The number of nitrogens with zero attached hydrogens (tertiary/aromatic N) is 3. The van der Waals surface area contributed by atoms with E-state index in [1.54, 1.807) is 33.3 Å². The topological polar surface area (TPSA) is 130 Å². The lowest BCUT2D eigenvalue weighted by atomic mass is 9.90. The minimum Gasteiger partial charge on any atom is -0.383 e. The highest BCUT2D eigenvalue weighted by atomic mass is 16.5. The lowest BCUT2D eigenvalue weighted by molar-refractivity contribution is -0.146. The molecule has 0 spiro atoms. The molecule has 0 aromatic heterocycles. The van der Waals surface area contributed by atoms with Crippen LogP contribution in [0.1, 0.15) is 65.7 Å². The van der Waals surface area contributed by atoms with E-state index in [4.69, 9.17) is 14.2 Å². The van der Waals surface area contributed by atoms with E-state index in [-0.39, 0.29) is 60.6 Å². The molecule has 4 amide bonds. The van der Waals surface area contributed by atoms with Gasteiger partial charge >= 0.3 is 0 Å². The van der Waals surface area contributed by atoms with Crippen LogP contribution in [0.15, 0.2) is 0 Å². The van der Waals surface area contributed by atoms with Crippen LogP contribution >= 0.6 is 0 Å². The molecule has 0 aromatic rings. The fourth-order valence-corrected chi connectivity index (χ4v) is 7.76. The Morgan fingerprint density at radius 1 is 1.02 bits per heavy atom. The maximum atomic E-state index is 13.8. The predicted molar refractivity (Wildman–Crippen MR) is 167 cm³/mol. The third-order valence-electron chi connectivity index (χ3n) is 10.5. The molecule has 2 bridgehead atoms. The molecule has 1 aliphatic carbocycles. The van der Waals surface area contributed by atoms with Crippen LogP contribution in [-0.4, -0.2) is 136 Å². The Bertz CT molecular complexity index is 981. The fourth-order valence-electron chi connectivity index (χ4n) is 7.76. The summed E-state index contributed by atoms with van der Waals surface area (Å²) in [4.78, 5) is 58.7. The Hall–Kier alpha value is -2.28.